The summed E-state index contributed by atoms with van der Waals surface area (Å²) in [4.78, 5) is 12.4. The predicted molar refractivity (Wildman–Crippen MR) is 86.3 cm³/mol. The molecule has 0 amide bonds. The van der Waals surface area contributed by atoms with Gasteiger partial charge in [-0.05, 0) is 51.9 Å². The molecule has 1 aliphatic rings. The molecule has 1 heteroatoms. The summed E-state index contributed by atoms with van der Waals surface area (Å²) in [5.74, 6) is 6.89. The third kappa shape index (κ3) is 5.37. The van der Waals surface area contributed by atoms with Gasteiger partial charge in [-0.3, -0.25) is 4.79 Å². The number of hydrogen-bond donors (Lipinski definition) is 0. The lowest BCUT2D eigenvalue weighted by Crippen LogP contribution is -2.25. The van der Waals surface area contributed by atoms with Crippen molar-refractivity contribution in [2.45, 2.75) is 66.7 Å². The van der Waals surface area contributed by atoms with E-state index in [0.717, 1.165) is 36.8 Å². The molecule has 0 bridgehead atoms. The summed E-state index contributed by atoms with van der Waals surface area (Å²) < 4.78 is 0. The van der Waals surface area contributed by atoms with Crippen molar-refractivity contribution >= 4 is 5.78 Å². The zero-order valence-electron chi connectivity index (χ0n) is 13.7. The van der Waals surface area contributed by atoms with Gasteiger partial charge in [0.2, 0.25) is 0 Å². The SMILES string of the molecule is C=CCCCC1=C(C#CC(C)(C)C)CC(C)(C)CC1=O. The average Bonchev–Trinajstić information content (AvgIpc) is 2.27. The molecule has 0 unspecified atom stereocenters. The molecule has 0 aromatic rings. The number of carbonyl (C=O) groups excluding carboxylic acids is 1. The summed E-state index contributed by atoms with van der Waals surface area (Å²) in [6.45, 7) is 14.4. The van der Waals surface area contributed by atoms with Crippen molar-refractivity contribution in [3.63, 3.8) is 0 Å². The van der Waals surface area contributed by atoms with E-state index in [4.69, 9.17) is 0 Å². The van der Waals surface area contributed by atoms with E-state index in [1.807, 2.05) is 6.08 Å². The molecule has 110 valence electrons. The molecule has 0 N–H and O–H groups in total. The molecule has 1 rings (SSSR count). The minimum Gasteiger partial charge on any atom is -0.294 e. The highest BCUT2D eigenvalue weighted by Crippen LogP contribution is 2.38. The van der Waals surface area contributed by atoms with Gasteiger partial charge in [-0.1, -0.05) is 31.8 Å². The molecule has 1 nitrogen and oxygen atoms in total. The van der Waals surface area contributed by atoms with E-state index in [9.17, 15) is 4.79 Å². The van der Waals surface area contributed by atoms with Gasteiger partial charge in [0.25, 0.3) is 0 Å². The highest BCUT2D eigenvalue weighted by Gasteiger charge is 2.31. The van der Waals surface area contributed by atoms with Crippen molar-refractivity contribution in [2.24, 2.45) is 10.8 Å². The lowest BCUT2D eigenvalue weighted by molar-refractivity contribution is -0.118. The zero-order chi connectivity index (χ0) is 15.4. The highest BCUT2D eigenvalue weighted by atomic mass is 16.1. The molecule has 1 aliphatic carbocycles. The van der Waals surface area contributed by atoms with E-state index in [0.29, 0.717) is 12.2 Å². The van der Waals surface area contributed by atoms with E-state index in [1.54, 1.807) is 0 Å². The van der Waals surface area contributed by atoms with Crippen LogP contribution in [0.1, 0.15) is 66.7 Å². The molecular formula is C19H28O. The molecule has 0 heterocycles. The lowest BCUT2D eigenvalue weighted by atomic mass is 9.72. The van der Waals surface area contributed by atoms with Gasteiger partial charge < -0.3 is 0 Å². The van der Waals surface area contributed by atoms with E-state index in [2.05, 4.69) is 53.0 Å². The minimum absolute atomic E-state index is 0.0239. The van der Waals surface area contributed by atoms with Gasteiger partial charge in [0.1, 0.15) is 0 Å². The number of ketones is 1. The molecule has 0 saturated heterocycles. The number of hydrogen-bond acceptors (Lipinski definition) is 1. The number of Topliss-reactive ketones (excluding diaryl/α,β-unsaturated/α-hetero) is 1. The first-order valence-electron chi connectivity index (χ1n) is 7.54. The van der Waals surface area contributed by atoms with Gasteiger partial charge in [0, 0.05) is 23.0 Å². The Morgan fingerprint density at radius 1 is 1.30 bits per heavy atom. The van der Waals surface area contributed by atoms with Crippen LogP contribution in [-0.2, 0) is 4.79 Å². The van der Waals surface area contributed by atoms with Crippen LogP contribution in [-0.4, -0.2) is 5.78 Å². The van der Waals surface area contributed by atoms with E-state index in [-0.39, 0.29) is 10.8 Å². The van der Waals surface area contributed by atoms with Crippen molar-refractivity contribution in [1.82, 2.24) is 0 Å². The molecular weight excluding hydrogens is 244 g/mol. The second-order valence-corrected chi connectivity index (χ2v) is 7.58. The smallest absolute Gasteiger partial charge is 0.160 e. The Labute approximate surface area is 124 Å². The van der Waals surface area contributed by atoms with Gasteiger partial charge in [-0.2, -0.15) is 0 Å². The Hall–Kier alpha value is -1.29. The third-order valence-electron chi connectivity index (χ3n) is 3.42. The van der Waals surface area contributed by atoms with Crippen molar-refractivity contribution in [2.75, 3.05) is 0 Å². The van der Waals surface area contributed by atoms with Gasteiger partial charge in [0.15, 0.2) is 5.78 Å². The molecule has 0 aromatic carbocycles. The van der Waals surface area contributed by atoms with Crippen LogP contribution in [0.15, 0.2) is 23.8 Å². The maximum Gasteiger partial charge on any atom is 0.160 e. The largest absolute Gasteiger partial charge is 0.294 e. The molecule has 0 fully saturated rings. The number of rotatable bonds is 4. The lowest BCUT2D eigenvalue weighted by Gasteiger charge is -2.30. The average molecular weight is 272 g/mol. The summed E-state index contributed by atoms with van der Waals surface area (Å²) in [5.41, 5.74) is 2.07. The van der Waals surface area contributed by atoms with Crippen molar-refractivity contribution in [1.29, 1.82) is 0 Å². The normalized spacial score (nSPS) is 18.6. The van der Waals surface area contributed by atoms with Gasteiger partial charge in [-0.15, -0.1) is 6.58 Å². The first-order valence-corrected chi connectivity index (χ1v) is 7.54. The van der Waals surface area contributed by atoms with Gasteiger partial charge in [0.05, 0.1) is 0 Å². The van der Waals surface area contributed by atoms with Crippen LogP contribution in [0.3, 0.4) is 0 Å². The van der Waals surface area contributed by atoms with Crippen molar-refractivity contribution in [3.05, 3.63) is 23.8 Å². The molecule has 0 aromatic heterocycles. The Bertz CT molecular complexity index is 472. The van der Waals surface area contributed by atoms with Crippen LogP contribution in [0.2, 0.25) is 0 Å². The summed E-state index contributed by atoms with van der Waals surface area (Å²) in [6, 6.07) is 0. The quantitative estimate of drug-likeness (QED) is 0.396. The summed E-state index contributed by atoms with van der Waals surface area (Å²) in [6.07, 6.45) is 6.28. The van der Waals surface area contributed by atoms with Crippen molar-refractivity contribution in [3.8, 4) is 11.8 Å². The van der Waals surface area contributed by atoms with Crippen LogP contribution < -0.4 is 0 Å². The Morgan fingerprint density at radius 3 is 2.50 bits per heavy atom. The summed E-state index contributed by atoms with van der Waals surface area (Å²) in [7, 11) is 0. The second-order valence-electron chi connectivity index (χ2n) is 7.58. The molecule has 0 radical (unpaired) electrons. The van der Waals surface area contributed by atoms with Crippen LogP contribution in [0, 0.1) is 22.7 Å². The Balaban J connectivity index is 3.08. The minimum atomic E-state index is -0.0239. The monoisotopic (exact) mass is 272 g/mol. The molecule has 0 atom stereocenters. The molecule has 0 spiro atoms. The molecule has 0 aliphatic heterocycles. The third-order valence-corrected chi connectivity index (χ3v) is 3.42. The highest BCUT2D eigenvalue weighted by molar-refractivity contribution is 5.98. The maximum absolute atomic E-state index is 12.4. The fourth-order valence-corrected chi connectivity index (χ4v) is 2.45. The fourth-order valence-electron chi connectivity index (χ4n) is 2.45. The first-order chi connectivity index (χ1) is 9.14. The van der Waals surface area contributed by atoms with Crippen LogP contribution in [0.5, 0.6) is 0 Å². The van der Waals surface area contributed by atoms with E-state index < -0.39 is 0 Å². The van der Waals surface area contributed by atoms with E-state index >= 15 is 0 Å². The maximum atomic E-state index is 12.4. The van der Waals surface area contributed by atoms with E-state index in [1.165, 1.54) is 0 Å². The van der Waals surface area contributed by atoms with Crippen molar-refractivity contribution < 1.29 is 4.79 Å². The summed E-state index contributed by atoms with van der Waals surface area (Å²) >= 11 is 0. The van der Waals surface area contributed by atoms with Crippen LogP contribution >= 0.6 is 0 Å². The second kappa shape index (κ2) is 6.44. The number of carbonyl (C=O) groups is 1. The van der Waals surface area contributed by atoms with Gasteiger partial charge in [-0.25, -0.2) is 0 Å². The van der Waals surface area contributed by atoms with Gasteiger partial charge >= 0.3 is 0 Å². The first kappa shape index (κ1) is 16.8. The number of allylic oxidation sites excluding steroid dienone is 3. The van der Waals surface area contributed by atoms with Crippen LogP contribution in [0.4, 0.5) is 0 Å². The standard InChI is InChI=1S/C19H28O/c1-7-8-9-10-16-15(11-12-18(2,3)4)13-19(5,6)14-17(16)20/h7H,1,8-10,13-14H2,2-6H3. The van der Waals surface area contributed by atoms with Crippen LogP contribution in [0.25, 0.3) is 0 Å². The Morgan fingerprint density at radius 2 is 1.95 bits per heavy atom. The molecule has 20 heavy (non-hydrogen) atoms. The molecule has 0 saturated carbocycles. The predicted octanol–water partition coefficient (Wildman–Crippen LogP) is 5.08. The Kier molecular flexibility index (Phi) is 5.40. The fraction of sp³-hybridized carbons (Fsp3) is 0.632. The topological polar surface area (TPSA) is 17.1 Å². The summed E-state index contributed by atoms with van der Waals surface area (Å²) in [5, 5.41) is 0. The zero-order valence-corrected chi connectivity index (χ0v) is 13.7. The number of unbranched alkanes of at least 4 members (excludes halogenated alkanes) is 1.